The maximum atomic E-state index is 6.02. The summed E-state index contributed by atoms with van der Waals surface area (Å²) in [6.07, 6.45) is 3.08. The van der Waals surface area contributed by atoms with Crippen LogP contribution in [0.3, 0.4) is 0 Å². The Morgan fingerprint density at radius 2 is 2.12 bits per heavy atom. The third-order valence-electron chi connectivity index (χ3n) is 3.47. The molecule has 0 aromatic rings. The van der Waals surface area contributed by atoms with E-state index in [4.69, 9.17) is 14.2 Å². The monoisotopic (exact) mass is 229 g/mol. The molecular weight excluding hydrogens is 206 g/mol. The van der Waals surface area contributed by atoms with Gasteiger partial charge in [-0.1, -0.05) is 6.92 Å². The molecular formula is C12H23NO3. The molecule has 0 bridgehead atoms. The Balaban J connectivity index is 1.74. The Bertz CT molecular complexity index is 216. The fraction of sp³-hybridized carbons (Fsp3) is 1.00. The van der Waals surface area contributed by atoms with E-state index in [1.165, 1.54) is 0 Å². The van der Waals surface area contributed by atoms with E-state index in [9.17, 15) is 0 Å². The average Bonchev–Trinajstić information content (AvgIpc) is 2.70. The van der Waals surface area contributed by atoms with Crippen molar-refractivity contribution in [1.29, 1.82) is 0 Å². The predicted octanol–water partition coefficient (Wildman–Crippen LogP) is 1.30. The van der Waals surface area contributed by atoms with Gasteiger partial charge in [-0.05, 0) is 13.3 Å². The Hall–Kier alpha value is -0.160. The van der Waals surface area contributed by atoms with Gasteiger partial charge in [0.2, 0.25) is 0 Å². The van der Waals surface area contributed by atoms with Crippen LogP contribution in [0.4, 0.5) is 0 Å². The van der Waals surface area contributed by atoms with Crippen LogP contribution in [-0.4, -0.2) is 44.3 Å². The molecule has 4 nitrogen and oxygen atoms in total. The standard InChI is InChI=1S/C12H23NO3/c1-3-10(2)13-8-11-9-15-12(16-11)4-6-14-7-5-12/h10-11,13H,3-9H2,1-2H3. The molecule has 94 valence electrons. The minimum Gasteiger partial charge on any atom is -0.381 e. The van der Waals surface area contributed by atoms with Crippen LogP contribution in [0, 0.1) is 0 Å². The summed E-state index contributed by atoms with van der Waals surface area (Å²) < 4.78 is 17.2. The number of rotatable bonds is 4. The first-order valence-corrected chi connectivity index (χ1v) is 6.37. The molecule has 2 saturated heterocycles. The molecule has 16 heavy (non-hydrogen) atoms. The van der Waals surface area contributed by atoms with E-state index in [1.807, 2.05) is 0 Å². The lowest BCUT2D eigenvalue weighted by Gasteiger charge is -2.31. The fourth-order valence-electron chi connectivity index (χ4n) is 2.14. The molecule has 0 radical (unpaired) electrons. The lowest BCUT2D eigenvalue weighted by Crippen LogP contribution is -2.40. The van der Waals surface area contributed by atoms with E-state index in [0.717, 1.165) is 39.0 Å². The third-order valence-corrected chi connectivity index (χ3v) is 3.47. The zero-order valence-corrected chi connectivity index (χ0v) is 10.3. The number of nitrogens with one attached hydrogen (secondary N) is 1. The summed E-state index contributed by atoms with van der Waals surface area (Å²) in [4.78, 5) is 0. The minimum atomic E-state index is -0.333. The summed E-state index contributed by atoms with van der Waals surface area (Å²) in [5.41, 5.74) is 0. The van der Waals surface area contributed by atoms with Gasteiger partial charge in [-0.3, -0.25) is 0 Å². The highest BCUT2D eigenvalue weighted by Gasteiger charge is 2.42. The molecule has 1 N–H and O–H groups in total. The van der Waals surface area contributed by atoms with Crippen LogP contribution in [0.1, 0.15) is 33.1 Å². The molecule has 2 rings (SSSR count). The zero-order valence-electron chi connectivity index (χ0n) is 10.3. The van der Waals surface area contributed by atoms with E-state index in [2.05, 4.69) is 19.2 Å². The first-order valence-electron chi connectivity index (χ1n) is 6.37. The Kier molecular flexibility index (Phi) is 4.19. The van der Waals surface area contributed by atoms with Gasteiger partial charge in [0.05, 0.1) is 25.9 Å². The van der Waals surface area contributed by atoms with Gasteiger partial charge in [0, 0.05) is 25.4 Å². The first kappa shape index (κ1) is 12.3. The van der Waals surface area contributed by atoms with Crippen molar-refractivity contribution < 1.29 is 14.2 Å². The van der Waals surface area contributed by atoms with Crippen LogP contribution in [0.2, 0.25) is 0 Å². The van der Waals surface area contributed by atoms with Crippen molar-refractivity contribution in [2.24, 2.45) is 0 Å². The number of ether oxygens (including phenoxy) is 3. The highest BCUT2D eigenvalue weighted by molar-refractivity contribution is 4.82. The second-order valence-electron chi connectivity index (χ2n) is 4.79. The van der Waals surface area contributed by atoms with Crippen molar-refractivity contribution in [3.05, 3.63) is 0 Å². The second kappa shape index (κ2) is 5.45. The molecule has 0 amide bonds. The van der Waals surface area contributed by atoms with Crippen LogP contribution < -0.4 is 5.32 Å². The number of hydrogen-bond acceptors (Lipinski definition) is 4. The molecule has 2 aliphatic rings. The van der Waals surface area contributed by atoms with E-state index in [0.29, 0.717) is 12.6 Å². The molecule has 0 aliphatic carbocycles. The van der Waals surface area contributed by atoms with Crippen molar-refractivity contribution in [3.63, 3.8) is 0 Å². The third kappa shape index (κ3) is 2.94. The summed E-state index contributed by atoms with van der Waals surface area (Å²) in [6.45, 7) is 7.49. The van der Waals surface area contributed by atoms with Gasteiger partial charge >= 0.3 is 0 Å². The maximum Gasteiger partial charge on any atom is 0.173 e. The molecule has 2 aliphatic heterocycles. The lowest BCUT2D eigenvalue weighted by molar-refractivity contribution is -0.210. The SMILES string of the molecule is CCC(C)NCC1COC2(CCOCC2)O1. The van der Waals surface area contributed by atoms with Crippen molar-refractivity contribution in [1.82, 2.24) is 5.32 Å². The van der Waals surface area contributed by atoms with Crippen molar-refractivity contribution >= 4 is 0 Å². The second-order valence-corrected chi connectivity index (χ2v) is 4.79. The molecule has 2 unspecified atom stereocenters. The molecule has 0 saturated carbocycles. The van der Waals surface area contributed by atoms with Gasteiger partial charge in [0.15, 0.2) is 5.79 Å². The Morgan fingerprint density at radius 1 is 1.38 bits per heavy atom. The summed E-state index contributed by atoms with van der Waals surface area (Å²) in [6, 6.07) is 0.551. The summed E-state index contributed by atoms with van der Waals surface area (Å²) in [5, 5.41) is 3.46. The van der Waals surface area contributed by atoms with Crippen LogP contribution >= 0.6 is 0 Å². The fourth-order valence-corrected chi connectivity index (χ4v) is 2.14. The molecule has 1 spiro atoms. The van der Waals surface area contributed by atoms with E-state index in [-0.39, 0.29) is 11.9 Å². The first-order chi connectivity index (χ1) is 7.74. The van der Waals surface area contributed by atoms with Crippen molar-refractivity contribution in [3.8, 4) is 0 Å². The molecule has 0 aromatic carbocycles. The van der Waals surface area contributed by atoms with Gasteiger partial charge in [0.25, 0.3) is 0 Å². The van der Waals surface area contributed by atoms with Gasteiger partial charge in [-0.2, -0.15) is 0 Å². The summed E-state index contributed by atoms with van der Waals surface area (Å²) in [7, 11) is 0. The van der Waals surface area contributed by atoms with Crippen LogP contribution in [0.15, 0.2) is 0 Å². The minimum absolute atomic E-state index is 0.201. The Labute approximate surface area is 97.6 Å². The van der Waals surface area contributed by atoms with Crippen molar-refractivity contribution in [2.45, 2.75) is 51.0 Å². The van der Waals surface area contributed by atoms with Gasteiger partial charge in [-0.15, -0.1) is 0 Å². The van der Waals surface area contributed by atoms with Crippen LogP contribution in [0.25, 0.3) is 0 Å². The maximum absolute atomic E-state index is 6.02. The molecule has 0 aromatic heterocycles. The highest BCUT2D eigenvalue weighted by atomic mass is 16.7. The van der Waals surface area contributed by atoms with E-state index < -0.39 is 0 Å². The van der Waals surface area contributed by atoms with Gasteiger partial charge in [-0.25, -0.2) is 0 Å². The molecule has 2 fully saturated rings. The average molecular weight is 229 g/mol. The van der Waals surface area contributed by atoms with Crippen molar-refractivity contribution in [2.75, 3.05) is 26.4 Å². The lowest BCUT2D eigenvalue weighted by atomic mass is 10.1. The highest BCUT2D eigenvalue weighted by Crippen LogP contribution is 2.32. The van der Waals surface area contributed by atoms with Gasteiger partial charge < -0.3 is 19.5 Å². The quantitative estimate of drug-likeness (QED) is 0.788. The topological polar surface area (TPSA) is 39.7 Å². The summed E-state index contributed by atoms with van der Waals surface area (Å²) >= 11 is 0. The normalized spacial score (nSPS) is 30.8. The smallest absolute Gasteiger partial charge is 0.173 e. The molecule has 2 heterocycles. The van der Waals surface area contributed by atoms with E-state index >= 15 is 0 Å². The zero-order chi connectivity index (χ0) is 11.4. The Morgan fingerprint density at radius 3 is 2.81 bits per heavy atom. The van der Waals surface area contributed by atoms with Gasteiger partial charge in [0.1, 0.15) is 0 Å². The largest absolute Gasteiger partial charge is 0.381 e. The van der Waals surface area contributed by atoms with Crippen LogP contribution in [-0.2, 0) is 14.2 Å². The molecule has 2 atom stereocenters. The predicted molar refractivity (Wildman–Crippen MR) is 61.4 cm³/mol. The van der Waals surface area contributed by atoms with Crippen LogP contribution in [0.5, 0.6) is 0 Å². The summed E-state index contributed by atoms with van der Waals surface area (Å²) in [5.74, 6) is -0.333. The molecule has 4 heteroatoms. The van der Waals surface area contributed by atoms with E-state index in [1.54, 1.807) is 0 Å². The number of hydrogen-bond donors (Lipinski definition) is 1.